The normalized spacial score (nSPS) is 26.0. The lowest BCUT2D eigenvalue weighted by Crippen LogP contribution is -2.51. The van der Waals surface area contributed by atoms with E-state index in [9.17, 15) is 5.11 Å². The average Bonchev–Trinajstić information content (AvgIpc) is 2.70. The molecule has 1 heterocycles. The topological polar surface area (TPSA) is 59.9 Å². The molecule has 2 unspecified atom stereocenters. The smallest absolute Gasteiger partial charge is 0.191 e. The molecule has 1 aromatic rings. The van der Waals surface area contributed by atoms with Crippen molar-refractivity contribution in [3.63, 3.8) is 0 Å². The lowest BCUT2D eigenvalue weighted by Gasteiger charge is -2.38. The van der Waals surface area contributed by atoms with Crippen molar-refractivity contribution in [2.75, 3.05) is 19.6 Å². The molecule has 3 N–H and O–H groups in total. The zero-order valence-corrected chi connectivity index (χ0v) is 17.7. The SMILES string of the molecule is CCNC(=NCC1(O)CCCCC1)NC1CCN(Cc2ccccc2)C(C)C1. The Bertz CT molecular complexity index is 612. The van der Waals surface area contributed by atoms with E-state index >= 15 is 0 Å². The number of nitrogens with zero attached hydrogens (tertiary/aromatic N) is 2. The van der Waals surface area contributed by atoms with E-state index in [1.807, 2.05) is 0 Å². The standard InChI is InChI=1S/C23H38N4O/c1-3-24-22(25-18-23(28)13-8-5-9-14-23)26-21-12-15-27(19(2)16-21)17-20-10-6-4-7-11-20/h4,6-7,10-11,19,21,28H,3,5,8-9,12-18H2,1-2H3,(H2,24,25,26). The Morgan fingerprint density at radius 3 is 2.64 bits per heavy atom. The summed E-state index contributed by atoms with van der Waals surface area (Å²) in [6, 6.07) is 11.7. The van der Waals surface area contributed by atoms with Crippen LogP contribution in [0.1, 0.15) is 64.4 Å². The van der Waals surface area contributed by atoms with Gasteiger partial charge in [-0.2, -0.15) is 0 Å². The molecule has 2 aliphatic rings. The van der Waals surface area contributed by atoms with Crippen LogP contribution in [-0.2, 0) is 6.54 Å². The maximum Gasteiger partial charge on any atom is 0.191 e. The van der Waals surface area contributed by atoms with E-state index in [0.717, 1.165) is 64.1 Å². The van der Waals surface area contributed by atoms with E-state index in [2.05, 4.69) is 59.7 Å². The first-order chi connectivity index (χ1) is 13.6. The first kappa shape index (κ1) is 21.1. The van der Waals surface area contributed by atoms with E-state index in [0.29, 0.717) is 18.6 Å². The van der Waals surface area contributed by atoms with Crippen molar-refractivity contribution in [1.82, 2.24) is 15.5 Å². The monoisotopic (exact) mass is 386 g/mol. The molecule has 3 rings (SSSR count). The molecule has 0 bridgehead atoms. The molecule has 1 aromatic carbocycles. The van der Waals surface area contributed by atoms with E-state index in [-0.39, 0.29) is 0 Å². The fraction of sp³-hybridized carbons (Fsp3) is 0.696. The molecule has 1 saturated carbocycles. The van der Waals surface area contributed by atoms with Gasteiger partial charge < -0.3 is 15.7 Å². The van der Waals surface area contributed by atoms with Gasteiger partial charge in [-0.3, -0.25) is 9.89 Å². The first-order valence-corrected chi connectivity index (χ1v) is 11.1. The van der Waals surface area contributed by atoms with Gasteiger partial charge in [0, 0.05) is 31.7 Å². The summed E-state index contributed by atoms with van der Waals surface area (Å²) in [5.74, 6) is 0.857. The highest BCUT2D eigenvalue weighted by atomic mass is 16.3. The summed E-state index contributed by atoms with van der Waals surface area (Å²) in [5, 5.41) is 17.7. The molecule has 2 atom stereocenters. The molecule has 0 radical (unpaired) electrons. The zero-order chi connectivity index (χ0) is 19.8. The summed E-state index contributed by atoms with van der Waals surface area (Å²) >= 11 is 0. The molecule has 28 heavy (non-hydrogen) atoms. The van der Waals surface area contributed by atoms with Crippen LogP contribution in [0.15, 0.2) is 35.3 Å². The number of nitrogens with one attached hydrogen (secondary N) is 2. The van der Waals surface area contributed by atoms with Gasteiger partial charge in [-0.15, -0.1) is 0 Å². The number of aliphatic hydroxyl groups is 1. The van der Waals surface area contributed by atoms with Gasteiger partial charge >= 0.3 is 0 Å². The third kappa shape index (κ3) is 6.21. The van der Waals surface area contributed by atoms with E-state index < -0.39 is 5.60 Å². The Hall–Kier alpha value is -1.59. The number of hydrogen-bond donors (Lipinski definition) is 3. The van der Waals surface area contributed by atoms with Gasteiger partial charge in [0.1, 0.15) is 0 Å². The van der Waals surface area contributed by atoms with Crippen LogP contribution in [0.4, 0.5) is 0 Å². The van der Waals surface area contributed by atoms with Crippen LogP contribution in [0.2, 0.25) is 0 Å². The Morgan fingerprint density at radius 1 is 1.21 bits per heavy atom. The van der Waals surface area contributed by atoms with E-state index in [4.69, 9.17) is 4.99 Å². The van der Waals surface area contributed by atoms with Crippen LogP contribution in [0, 0.1) is 0 Å². The molecule has 1 aliphatic carbocycles. The van der Waals surface area contributed by atoms with Crippen molar-refractivity contribution in [2.24, 2.45) is 4.99 Å². The summed E-state index contributed by atoms with van der Waals surface area (Å²) in [5.41, 5.74) is 0.781. The maximum absolute atomic E-state index is 10.7. The van der Waals surface area contributed by atoms with Crippen molar-refractivity contribution in [2.45, 2.75) is 83.0 Å². The van der Waals surface area contributed by atoms with Crippen molar-refractivity contribution >= 4 is 5.96 Å². The van der Waals surface area contributed by atoms with Crippen LogP contribution >= 0.6 is 0 Å². The van der Waals surface area contributed by atoms with Gasteiger partial charge in [-0.25, -0.2) is 0 Å². The summed E-state index contributed by atoms with van der Waals surface area (Å²) < 4.78 is 0. The first-order valence-electron chi connectivity index (χ1n) is 11.1. The van der Waals surface area contributed by atoms with Crippen LogP contribution in [0.25, 0.3) is 0 Å². The van der Waals surface area contributed by atoms with Crippen molar-refractivity contribution in [3.8, 4) is 0 Å². The maximum atomic E-state index is 10.7. The highest BCUT2D eigenvalue weighted by Crippen LogP contribution is 2.28. The van der Waals surface area contributed by atoms with Gasteiger partial charge in [-0.05, 0) is 45.1 Å². The lowest BCUT2D eigenvalue weighted by atomic mass is 9.85. The quantitative estimate of drug-likeness (QED) is 0.519. The average molecular weight is 387 g/mol. The summed E-state index contributed by atoms with van der Waals surface area (Å²) in [7, 11) is 0. The van der Waals surface area contributed by atoms with Crippen LogP contribution in [0.3, 0.4) is 0 Å². The molecule has 156 valence electrons. The third-order valence-electron chi connectivity index (χ3n) is 6.24. The third-order valence-corrected chi connectivity index (χ3v) is 6.24. The predicted molar refractivity (Wildman–Crippen MR) is 116 cm³/mol. The van der Waals surface area contributed by atoms with E-state index in [1.165, 1.54) is 12.0 Å². The van der Waals surface area contributed by atoms with Crippen LogP contribution in [-0.4, -0.2) is 53.3 Å². The minimum atomic E-state index is -0.604. The van der Waals surface area contributed by atoms with Gasteiger partial charge in [0.2, 0.25) is 0 Å². The molecule has 0 aromatic heterocycles. The molecule has 2 fully saturated rings. The van der Waals surface area contributed by atoms with Gasteiger partial charge in [0.25, 0.3) is 0 Å². The molecule has 5 heteroatoms. The van der Waals surface area contributed by atoms with Gasteiger partial charge in [-0.1, -0.05) is 49.6 Å². The number of piperidine rings is 1. The van der Waals surface area contributed by atoms with Gasteiger partial charge in [0.05, 0.1) is 12.1 Å². The highest BCUT2D eigenvalue weighted by molar-refractivity contribution is 5.80. The lowest BCUT2D eigenvalue weighted by molar-refractivity contribution is 0.0131. The van der Waals surface area contributed by atoms with E-state index in [1.54, 1.807) is 0 Å². The molecule has 0 amide bonds. The molecular weight excluding hydrogens is 348 g/mol. The number of hydrogen-bond acceptors (Lipinski definition) is 3. The number of likely N-dealkylation sites (tertiary alicyclic amines) is 1. The molecule has 5 nitrogen and oxygen atoms in total. The number of benzene rings is 1. The Kier molecular flexibility index (Phi) is 7.74. The summed E-state index contributed by atoms with van der Waals surface area (Å²) in [6.07, 6.45) is 7.47. The second kappa shape index (κ2) is 10.3. The minimum Gasteiger partial charge on any atom is -0.388 e. The van der Waals surface area contributed by atoms with Gasteiger partial charge in [0.15, 0.2) is 5.96 Å². The number of aliphatic imine (C=N–C) groups is 1. The Labute approximate surface area is 170 Å². The van der Waals surface area contributed by atoms with Crippen LogP contribution < -0.4 is 10.6 Å². The Morgan fingerprint density at radius 2 is 1.96 bits per heavy atom. The zero-order valence-electron chi connectivity index (χ0n) is 17.7. The fourth-order valence-corrected chi connectivity index (χ4v) is 4.51. The molecule has 1 saturated heterocycles. The predicted octanol–water partition coefficient (Wildman–Crippen LogP) is 3.29. The summed E-state index contributed by atoms with van der Waals surface area (Å²) in [4.78, 5) is 7.32. The second-order valence-electron chi connectivity index (χ2n) is 8.65. The summed E-state index contributed by atoms with van der Waals surface area (Å²) in [6.45, 7) is 7.88. The van der Waals surface area contributed by atoms with Crippen molar-refractivity contribution < 1.29 is 5.11 Å². The van der Waals surface area contributed by atoms with Crippen molar-refractivity contribution in [3.05, 3.63) is 35.9 Å². The fourth-order valence-electron chi connectivity index (χ4n) is 4.51. The minimum absolute atomic E-state index is 0.431. The highest BCUT2D eigenvalue weighted by Gasteiger charge is 2.29. The van der Waals surface area contributed by atoms with Crippen LogP contribution in [0.5, 0.6) is 0 Å². The largest absolute Gasteiger partial charge is 0.388 e. The Balaban J connectivity index is 1.52. The molecule has 0 spiro atoms. The van der Waals surface area contributed by atoms with Crippen molar-refractivity contribution in [1.29, 1.82) is 0 Å². The number of rotatable bonds is 6. The molecular formula is C23H38N4O. The second-order valence-corrected chi connectivity index (χ2v) is 8.65. The number of guanidine groups is 1. The molecule has 1 aliphatic heterocycles.